The Morgan fingerprint density at radius 2 is 1.67 bits per heavy atom. The van der Waals surface area contributed by atoms with Gasteiger partial charge in [0.25, 0.3) is 0 Å². The molecule has 2 saturated heterocycles. The van der Waals surface area contributed by atoms with Crippen LogP contribution in [0.2, 0.25) is 0 Å². The molecule has 2 amide bonds. The summed E-state index contributed by atoms with van der Waals surface area (Å²) in [7, 11) is 0. The van der Waals surface area contributed by atoms with Gasteiger partial charge < -0.3 is 4.90 Å². The molecule has 0 spiro atoms. The van der Waals surface area contributed by atoms with Crippen LogP contribution in [0.15, 0.2) is 54.6 Å². The largest absolute Gasteiger partial charge is 0.352 e. The van der Waals surface area contributed by atoms with Crippen LogP contribution in [0.5, 0.6) is 0 Å². The molecule has 0 bridgehead atoms. The van der Waals surface area contributed by atoms with Crippen molar-refractivity contribution in [1.82, 2.24) is 4.90 Å². The molecule has 4 atom stereocenters. The summed E-state index contributed by atoms with van der Waals surface area (Å²) in [5.41, 5.74) is 3.56. The van der Waals surface area contributed by atoms with Gasteiger partial charge >= 0.3 is 0 Å². The second-order valence-electron chi connectivity index (χ2n) is 8.37. The van der Waals surface area contributed by atoms with Gasteiger partial charge in [0.1, 0.15) is 6.04 Å². The molecule has 0 aromatic heterocycles. The Hall–Kier alpha value is -3.21. The number of carbonyl (C=O) groups excluding carboxylic acids is 3. The zero-order valence-corrected chi connectivity index (χ0v) is 17.1. The Morgan fingerprint density at radius 3 is 2.40 bits per heavy atom. The average molecular weight is 400 g/mol. The average Bonchev–Trinajstić information content (AvgIpc) is 3.23. The van der Waals surface area contributed by atoms with Crippen LogP contribution < -0.4 is 4.90 Å². The third kappa shape index (κ3) is 2.58. The number of nitrogens with zero attached hydrogens (tertiary/aromatic N) is 2. The van der Waals surface area contributed by atoms with Crippen LogP contribution in [0.1, 0.15) is 34.8 Å². The maximum absolute atomic E-state index is 13.7. The predicted molar refractivity (Wildman–Crippen MR) is 115 cm³/mol. The topological polar surface area (TPSA) is 57.7 Å². The lowest BCUT2D eigenvalue weighted by molar-refractivity contribution is -0.140. The number of hydrogen-bond acceptors (Lipinski definition) is 4. The maximum atomic E-state index is 13.7. The summed E-state index contributed by atoms with van der Waals surface area (Å²) in [4.78, 5) is 43.7. The summed E-state index contributed by atoms with van der Waals surface area (Å²) in [6.45, 7) is 4.33. The van der Waals surface area contributed by atoms with E-state index in [0.29, 0.717) is 18.5 Å². The number of likely N-dealkylation sites (tertiary alicyclic amines) is 1. The van der Waals surface area contributed by atoms with E-state index in [1.54, 1.807) is 0 Å². The summed E-state index contributed by atoms with van der Waals surface area (Å²) in [5.74, 6) is -1.63. The van der Waals surface area contributed by atoms with E-state index in [9.17, 15) is 14.4 Å². The minimum atomic E-state index is -0.688. The molecule has 0 radical (unpaired) electrons. The van der Waals surface area contributed by atoms with Crippen molar-refractivity contribution in [2.75, 3.05) is 11.4 Å². The van der Waals surface area contributed by atoms with Crippen LogP contribution in [0.3, 0.4) is 0 Å². The zero-order valence-electron chi connectivity index (χ0n) is 17.1. The first-order chi connectivity index (χ1) is 14.5. The first-order valence-corrected chi connectivity index (χ1v) is 10.5. The Morgan fingerprint density at radius 1 is 0.967 bits per heavy atom. The van der Waals surface area contributed by atoms with Crippen molar-refractivity contribution < 1.29 is 14.4 Å². The number of anilines is 1. The van der Waals surface area contributed by atoms with E-state index in [1.807, 2.05) is 79.4 Å². The zero-order chi connectivity index (χ0) is 21.0. The number of Topliss-reactive ketones (excluding diaryl/α,β-unsaturated/α-hetero) is 1. The van der Waals surface area contributed by atoms with E-state index in [1.165, 1.54) is 4.90 Å². The smallest absolute Gasteiger partial charge is 0.235 e. The van der Waals surface area contributed by atoms with E-state index in [2.05, 4.69) is 0 Å². The van der Waals surface area contributed by atoms with Crippen molar-refractivity contribution in [2.45, 2.75) is 32.4 Å². The van der Waals surface area contributed by atoms with Crippen LogP contribution in [-0.2, 0) is 9.59 Å². The maximum Gasteiger partial charge on any atom is 0.235 e. The third-order valence-electron chi connectivity index (χ3n) is 6.56. The molecule has 2 aromatic carbocycles. The molecule has 0 aliphatic carbocycles. The highest BCUT2D eigenvalue weighted by Crippen LogP contribution is 2.48. The molecule has 3 aliphatic rings. The van der Waals surface area contributed by atoms with Crippen LogP contribution in [-0.4, -0.2) is 41.1 Å². The fourth-order valence-corrected chi connectivity index (χ4v) is 5.21. The molecular weight excluding hydrogens is 376 g/mol. The van der Waals surface area contributed by atoms with Crippen molar-refractivity contribution in [1.29, 1.82) is 0 Å². The van der Waals surface area contributed by atoms with Gasteiger partial charge in [-0.15, -0.1) is 0 Å². The SMILES string of the molecule is CCCN1C(=O)C2C(C1=O)C(C(=O)c1ccc(C)cc1)N1c3ccccc3C=CC21. The van der Waals surface area contributed by atoms with Crippen molar-refractivity contribution in [3.8, 4) is 0 Å². The van der Waals surface area contributed by atoms with Crippen molar-refractivity contribution in [3.63, 3.8) is 0 Å². The number of carbonyl (C=O) groups is 3. The molecule has 5 rings (SSSR count). The lowest BCUT2D eigenvalue weighted by atomic mass is 9.86. The Kier molecular flexibility index (Phi) is 4.35. The molecule has 152 valence electrons. The highest BCUT2D eigenvalue weighted by molar-refractivity contribution is 6.14. The number of ketones is 1. The lowest BCUT2D eigenvalue weighted by Gasteiger charge is -2.36. The number of para-hydroxylation sites is 1. The van der Waals surface area contributed by atoms with Crippen LogP contribution in [0.4, 0.5) is 5.69 Å². The van der Waals surface area contributed by atoms with Gasteiger partial charge in [-0.3, -0.25) is 19.3 Å². The molecule has 3 aliphatic heterocycles. The van der Waals surface area contributed by atoms with Gasteiger partial charge in [0.05, 0.1) is 17.9 Å². The molecule has 0 saturated carbocycles. The number of benzene rings is 2. The van der Waals surface area contributed by atoms with Crippen LogP contribution in [0.25, 0.3) is 6.08 Å². The molecule has 2 aromatic rings. The molecule has 3 heterocycles. The van der Waals surface area contributed by atoms with E-state index in [-0.39, 0.29) is 23.6 Å². The fraction of sp³-hybridized carbons (Fsp3) is 0.320. The summed E-state index contributed by atoms with van der Waals surface area (Å²) in [5, 5.41) is 0. The summed E-state index contributed by atoms with van der Waals surface area (Å²) >= 11 is 0. The molecule has 4 unspecified atom stereocenters. The number of fused-ring (bicyclic) bond motifs is 5. The van der Waals surface area contributed by atoms with E-state index < -0.39 is 17.9 Å². The van der Waals surface area contributed by atoms with Gasteiger partial charge in [-0.25, -0.2) is 0 Å². The van der Waals surface area contributed by atoms with Crippen molar-refractivity contribution in [3.05, 3.63) is 71.3 Å². The summed E-state index contributed by atoms with van der Waals surface area (Å²) in [6, 6.07) is 14.3. The standard InChI is InChI=1S/C25H24N2O3/c1-3-14-26-24(29)20-19-13-12-16-6-4-5-7-18(16)27(19)22(21(20)25(26)30)23(28)17-10-8-15(2)9-11-17/h4-13,19-22H,3,14H2,1-2H3. The monoisotopic (exact) mass is 400 g/mol. The fourth-order valence-electron chi connectivity index (χ4n) is 5.21. The number of aryl methyl sites for hydroxylation is 1. The lowest BCUT2D eigenvalue weighted by Crippen LogP contribution is -2.48. The number of amides is 2. The van der Waals surface area contributed by atoms with Gasteiger partial charge in [0, 0.05) is 17.8 Å². The van der Waals surface area contributed by atoms with Gasteiger partial charge in [0.15, 0.2) is 5.78 Å². The molecule has 5 heteroatoms. The molecule has 0 N–H and O–H groups in total. The van der Waals surface area contributed by atoms with Crippen LogP contribution in [0, 0.1) is 18.8 Å². The molecule has 30 heavy (non-hydrogen) atoms. The highest BCUT2D eigenvalue weighted by atomic mass is 16.2. The summed E-state index contributed by atoms with van der Waals surface area (Å²) < 4.78 is 0. The Labute approximate surface area is 176 Å². The van der Waals surface area contributed by atoms with Gasteiger partial charge in [-0.2, -0.15) is 0 Å². The van der Waals surface area contributed by atoms with Gasteiger partial charge in [-0.05, 0) is 25.0 Å². The second kappa shape index (κ2) is 6.94. The highest BCUT2D eigenvalue weighted by Gasteiger charge is 2.63. The third-order valence-corrected chi connectivity index (χ3v) is 6.56. The predicted octanol–water partition coefficient (Wildman–Crippen LogP) is 3.47. The minimum Gasteiger partial charge on any atom is -0.352 e. The second-order valence-corrected chi connectivity index (χ2v) is 8.37. The van der Waals surface area contributed by atoms with Gasteiger partial charge in [0.2, 0.25) is 11.8 Å². The molecule has 5 nitrogen and oxygen atoms in total. The number of hydrogen-bond donors (Lipinski definition) is 0. The van der Waals surface area contributed by atoms with E-state index in [0.717, 1.165) is 16.8 Å². The van der Waals surface area contributed by atoms with Crippen molar-refractivity contribution in [2.24, 2.45) is 11.8 Å². The van der Waals surface area contributed by atoms with Gasteiger partial charge in [-0.1, -0.05) is 67.1 Å². The minimum absolute atomic E-state index is 0.0999. The Bertz CT molecular complexity index is 1070. The Balaban J connectivity index is 1.65. The number of rotatable bonds is 4. The first kappa shape index (κ1) is 18.8. The van der Waals surface area contributed by atoms with Crippen LogP contribution >= 0.6 is 0 Å². The van der Waals surface area contributed by atoms with Crippen molar-refractivity contribution >= 4 is 29.4 Å². The first-order valence-electron chi connectivity index (χ1n) is 10.5. The van der Waals surface area contributed by atoms with E-state index in [4.69, 9.17) is 0 Å². The normalized spacial score (nSPS) is 26.6. The quantitative estimate of drug-likeness (QED) is 0.583. The summed E-state index contributed by atoms with van der Waals surface area (Å²) in [6.07, 6.45) is 4.70. The molecule has 2 fully saturated rings. The number of imide groups is 1. The van der Waals surface area contributed by atoms with E-state index >= 15 is 0 Å². The molecular formula is C25H24N2O3.